The molecule has 0 aromatic carbocycles. The second-order valence-electron chi connectivity index (χ2n) is 5.36. The van der Waals surface area contributed by atoms with Gasteiger partial charge in [-0.15, -0.1) is 0 Å². The number of nitrogens with one attached hydrogen (secondary N) is 2. The van der Waals surface area contributed by atoms with Gasteiger partial charge in [0.2, 0.25) is 5.91 Å². The lowest BCUT2D eigenvalue weighted by Crippen LogP contribution is -2.44. The maximum Gasteiger partial charge on any atom is 0.221 e. The lowest BCUT2D eigenvalue weighted by atomic mass is 10.1. The Bertz CT molecular complexity index is 222. The number of amides is 1. The molecule has 5 nitrogen and oxygen atoms in total. The maximum atomic E-state index is 11.3. The first-order valence-electron chi connectivity index (χ1n) is 5.51. The summed E-state index contributed by atoms with van der Waals surface area (Å²) in [5.74, 6) is -0.134. The van der Waals surface area contributed by atoms with Crippen molar-refractivity contribution >= 4 is 5.91 Å². The van der Waals surface area contributed by atoms with Gasteiger partial charge >= 0.3 is 0 Å². The van der Waals surface area contributed by atoms with Crippen molar-refractivity contribution in [2.24, 2.45) is 0 Å². The van der Waals surface area contributed by atoms with Gasteiger partial charge < -0.3 is 20.8 Å². The highest BCUT2D eigenvalue weighted by Crippen LogP contribution is 2.00. The van der Waals surface area contributed by atoms with Gasteiger partial charge in [-0.05, 0) is 27.7 Å². The highest BCUT2D eigenvalue weighted by atomic mass is 16.3. The lowest BCUT2D eigenvalue weighted by molar-refractivity contribution is -0.122. The molecule has 0 rings (SSSR count). The molecule has 0 aromatic rings. The van der Waals surface area contributed by atoms with Crippen molar-refractivity contribution in [3.05, 3.63) is 0 Å². The first-order valence-corrected chi connectivity index (χ1v) is 5.51. The third-order valence-corrected chi connectivity index (χ3v) is 2.01. The molecule has 0 aliphatic carbocycles. The van der Waals surface area contributed by atoms with Crippen molar-refractivity contribution < 1.29 is 15.0 Å². The third-order valence-electron chi connectivity index (χ3n) is 2.01. The normalized spacial score (nSPS) is 15.6. The first kappa shape index (κ1) is 15.3. The number of hydrogen-bond donors (Lipinski definition) is 4. The van der Waals surface area contributed by atoms with Crippen LogP contribution < -0.4 is 10.6 Å². The Hall–Kier alpha value is -0.650. The predicted octanol–water partition coefficient (Wildman–Crippen LogP) is -0.376. The summed E-state index contributed by atoms with van der Waals surface area (Å²) in [6.07, 6.45) is 0.360. The fraction of sp³-hybridized carbons (Fsp3) is 0.909. The molecule has 0 aromatic heterocycles. The average molecular weight is 232 g/mol. The molecular formula is C11H24N2O3. The van der Waals surface area contributed by atoms with Crippen molar-refractivity contribution in [3.8, 4) is 0 Å². The molecule has 0 aliphatic rings. The Balaban J connectivity index is 3.68. The highest BCUT2D eigenvalue weighted by molar-refractivity contribution is 5.76. The van der Waals surface area contributed by atoms with E-state index in [1.165, 1.54) is 6.92 Å². The van der Waals surface area contributed by atoms with Crippen LogP contribution in [-0.2, 0) is 4.79 Å². The number of aliphatic hydroxyl groups is 2. The van der Waals surface area contributed by atoms with Gasteiger partial charge in [-0.1, -0.05) is 0 Å². The molecule has 0 saturated carbocycles. The molecule has 0 aliphatic heterocycles. The first-order chi connectivity index (χ1) is 7.16. The van der Waals surface area contributed by atoms with Gasteiger partial charge in [-0.25, -0.2) is 0 Å². The molecule has 0 bridgehead atoms. The van der Waals surface area contributed by atoms with Crippen LogP contribution in [0.4, 0.5) is 0 Å². The minimum Gasteiger partial charge on any atom is -0.393 e. The number of hydrogen-bond acceptors (Lipinski definition) is 4. The van der Waals surface area contributed by atoms with E-state index in [0.29, 0.717) is 13.0 Å². The molecule has 0 radical (unpaired) electrons. The summed E-state index contributed by atoms with van der Waals surface area (Å²) in [7, 11) is 0. The van der Waals surface area contributed by atoms with Crippen molar-refractivity contribution in [1.29, 1.82) is 0 Å². The summed E-state index contributed by atoms with van der Waals surface area (Å²) in [5, 5.41) is 24.0. The van der Waals surface area contributed by atoms with E-state index in [9.17, 15) is 9.90 Å². The fourth-order valence-corrected chi connectivity index (χ4v) is 0.984. The zero-order chi connectivity index (χ0) is 12.8. The number of carbonyl (C=O) groups is 1. The molecule has 1 atom stereocenters. The van der Waals surface area contributed by atoms with E-state index < -0.39 is 5.60 Å². The third kappa shape index (κ3) is 8.64. The van der Waals surface area contributed by atoms with Crippen LogP contribution in [0.3, 0.4) is 0 Å². The Morgan fingerprint density at radius 3 is 2.25 bits per heavy atom. The molecule has 1 unspecified atom stereocenters. The molecule has 4 N–H and O–H groups in total. The molecular weight excluding hydrogens is 208 g/mol. The van der Waals surface area contributed by atoms with Crippen LogP contribution in [0.25, 0.3) is 0 Å². The SMILES string of the molecule is CC(O)(CO)CNC(=O)CCNC(C)(C)C. The van der Waals surface area contributed by atoms with E-state index in [2.05, 4.69) is 10.6 Å². The minimum atomic E-state index is -1.24. The number of aliphatic hydroxyl groups excluding tert-OH is 1. The second-order valence-corrected chi connectivity index (χ2v) is 5.36. The van der Waals surface area contributed by atoms with E-state index in [4.69, 9.17) is 5.11 Å². The van der Waals surface area contributed by atoms with Crippen LogP contribution in [0.15, 0.2) is 0 Å². The molecule has 0 spiro atoms. The van der Waals surface area contributed by atoms with Gasteiger partial charge in [0.15, 0.2) is 0 Å². The van der Waals surface area contributed by atoms with Crippen LogP contribution in [0.1, 0.15) is 34.1 Å². The molecule has 0 saturated heterocycles. The quantitative estimate of drug-likeness (QED) is 0.503. The monoisotopic (exact) mass is 232 g/mol. The van der Waals surface area contributed by atoms with E-state index >= 15 is 0 Å². The maximum absolute atomic E-state index is 11.3. The summed E-state index contributed by atoms with van der Waals surface area (Å²) in [6.45, 7) is 7.85. The molecule has 1 amide bonds. The van der Waals surface area contributed by atoms with Gasteiger partial charge in [0.05, 0.1) is 6.61 Å². The van der Waals surface area contributed by atoms with Crippen LogP contribution >= 0.6 is 0 Å². The van der Waals surface area contributed by atoms with Crippen molar-refractivity contribution in [3.63, 3.8) is 0 Å². The summed E-state index contributed by atoms with van der Waals surface area (Å²) in [4.78, 5) is 11.3. The topological polar surface area (TPSA) is 81.6 Å². The Labute approximate surface area is 97.2 Å². The molecule has 0 heterocycles. The zero-order valence-corrected chi connectivity index (χ0v) is 10.6. The number of carbonyl (C=O) groups excluding carboxylic acids is 1. The van der Waals surface area contributed by atoms with Crippen molar-refractivity contribution in [2.45, 2.75) is 45.3 Å². The minimum absolute atomic E-state index is 0.00310. The highest BCUT2D eigenvalue weighted by Gasteiger charge is 2.19. The average Bonchev–Trinajstić information content (AvgIpc) is 2.13. The Morgan fingerprint density at radius 1 is 1.25 bits per heavy atom. The van der Waals surface area contributed by atoms with Crippen molar-refractivity contribution in [1.82, 2.24) is 10.6 Å². The zero-order valence-electron chi connectivity index (χ0n) is 10.6. The van der Waals surface area contributed by atoms with E-state index in [1.54, 1.807) is 0 Å². The smallest absolute Gasteiger partial charge is 0.221 e. The molecule has 96 valence electrons. The second kappa shape index (κ2) is 6.18. The van der Waals surface area contributed by atoms with Gasteiger partial charge in [0.25, 0.3) is 0 Å². The van der Waals surface area contributed by atoms with E-state index in [0.717, 1.165) is 0 Å². The summed E-state index contributed by atoms with van der Waals surface area (Å²) < 4.78 is 0. The fourth-order valence-electron chi connectivity index (χ4n) is 0.984. The Kier molecular flexibility index (Phi) is 5.92. The standard InChI is InChI=1S/C11H24N2O3/c1-10(2,3)13-6-5-9(15)12-7-11(4,16)8-14/h13-14,16H,5-8H2,1-4H3,(H,12,15). The van der Waals surface area contributed by atoms with Crippen LogP contribution in [0.2, 0.25) is 0 Å². The summed E-state index contributed by atoms with van der Waals surface area (Å²) >= 11 is 0. The van der Waals surface area contributed by atoms with Gasteiger partial charge in [-0.2, -0.15) is 0 Å². The number of rotatable bonds is 6. The predicted molar refractivity (Wildman–Crippen MR) is 63.1 cm³/mol. The summed E-state index contributed by atoms with van der Waals surface area (Å²) in [6, 6.07) is 0. The van der Waals surface area contributed by atoms with Crippen molar-refractivity contribution in [2.75, 3.05) is 19.7 Å². The van der Waals surface area contributed by atoms with Gasteiger partial charge in [0, 0.05) is 25.0 Å². The van der Waals surface area contributed by atoms with Crippen LogP contribution in [-0.4, -0.2) is 47.0 Å². The van der Waals surface area contributed by atoms with Gasteiger partial charge in [0.1, 0.15) is 5.60 Å². The van der Waals surface area contributed by atoms with Crippen LogP contribution in [0, 0.1) is 0 Å². The molecule has 16 heavy (non-hydrogen) atoms. The van der Waals surface area contributed by atoms with Crippen LogP contribution in [0.5, 0.6) is 0 Å². The van der Waals surface area contributed by atoms with E-state index in [1.807, 2.05) is 20.8 Å². The molecule has 5 heteroatoms. The van der Waals surface area contributed by atoms with E-state index in [-0.39, 0.29) is 24.6 Å². The lowest BCUT2D eigenvalue weighted by Gasteiger charge is -2.22. The largest absolute Gasteiger partial charge is 0.393 e. The van der Waals surface area contributed by atoms with Gasteiger partial charge in [-0.3, -0.25) is 4.79 Å². The molecule has 0 fully saturated rings. The summed E-state index contributed by atoms with van der Waals surface area (Å²) in [5.41, 5.74) is -1.25. The Morgan fingerprint density at radius 2 is 1.81 bits per heavy atom.